The van der Waals surface area contributed by atoms with Crippen molar-refractivity contribution in [2.24, 2.45) is 11.8 Å². The van der Waals surface area contributed by atoms with E-state index >= 15 is 0 Å². The zero-order valence-corrected chi connectivity index (χ0v) is 26.7. The lowest BCUT2D eigenvalue weighted by Crippen LogP contribution is -3.00. The molecule has 0 aliphatic carbocycles. The van der Waals surface area contributed by atoms with E-state index < -0.39 is 0 Å². The molecule has 212 valence electrons. The Morgan fingerprint density at radius 2 is 1.61 bits per heavy atom. The van der Waals surface area contributed by atoms with E-state index in [1.807, 2.05) is 12.1 Å². The number of amides is 2. The molecule has 0 unspecified atom stereocenters. The third-order valence-electron chi connectivity index (χ3n) is 7.34. The minimum atomic E-state index is -0.255. The van der Waals surface area contributed by atoms with Gasteiger partial charge in [0.15, 0.2) is 11.5 Å². The number of hydrogen-bond acceptors (Lipinski definition) is 4. The summed E-state index contributed by atoms with van der Waals surface area (Å²) in [6, 6.07) is 9.15. The predicted molar refractivity (Wildman–Crippen MR) is 151 cm³/mol. The van der Waals surface area contributed by atoms with Gasteiger partial charge in [0.25, 0.3) is 0 Å². The van der Waals surface area contributed by atoms with Gasteiger partial charge in [0.05, 0.1) is 69.8 Å². The van der Waals surface area contributed by atoms with Gasteiger partial charge in [-0.05, 0) is 48.8 Å². The molecule has 0 spiro atoms. The molecule has 1 aliphatic heterocycles. The minimum Gasteiger partial charge on any atom is -1.00 e. The molecule has 0 bridgehead atoms. The Morgan fingerprint density at radius 1 is 1.00 bits per heavy atom. The van der Waals surface area contributed by atoms with Crippen LogP contribution in [-0.2, 0) is 6.42 Å². The van der Waals surface area contributed by atoms with Crippen molar-refractivity contribution in [1.82, 2.24) is 5.32 Å². The normalized spacial score (nSPS) is 19.8. The van der Waals surface area contributed by atoms with Crippen molar-refractivity contribution in [2.75, 3.05) is 53.3 Å². The second-order valence-electron chi connectivity index (χ2n) is 10.5. The lowest BCUT2D eigenvalue weighted by molar-refractivity contribution is -0.916. The average Bonchev–Trinajstić information content (AvgIpc) is 2.86. The number of likely N-dealkylation sites (tertiary alicyclic amines) is 1. The molecular weight excluding hydrogens is 640 g/mol. The molecule has 1 heterocycles. The molecule has 2 aromatic carbocycles. The highest BCUT2D eigenvalue weighted by Gasteiger charge is 2.34. The largest absolute Gasteiger partial charge is 1.00 e. The van der Waals surface area contributed by atoms with Crippen LogP contribution < -0.4 is 48.8 Å². The summed E-state index contributed by atoms with van der Waals surface area (Å²) < 4.78 is 17.1. The summed E-state index contributed by atoms with van der Waals surface area (Å²) >= 11 is 12.3. The van der Waals surface area contributed by atoms with E-state index in [-0.39, 0.29) is 42.0 Å². The number of methoxy groups -OCH3 is 3. The smallest absolute Gasteiger partial charge is 0.319 e. The average molecular weight is 680 g/mol. The number of rotatable bonds is 10. The maximum absolute atomic E-state index is 13.0. The first-order chi connectivity index (χ1) is 17.6. The highest BCUT2D eigenvalue weighted by atomic mass is 127. The number of nitrogens with zero attached hydrogens (tertiary/aromatic N) is 1. The third kappa shape index (κ3) is 8.69. The van der Waals surface area contributed by atoms with Crippen LogP contribution in [0.1, 0.15) is 32.3 Å². The van der Waals surface area contributed by atoms with Crippen LogP contribution in [0, 0.1) is 11.8 Å². The van der Waals surface area contributed by atoms with Crippen LogP contribution in [0.3, 0.4) is 0 Å². The zero-order valence-electron chi connectivity index (χ0n) is 23.1. The Hall–Kier alpha value is -1.62. The van der Waals surface area contributed by atoms with Crippen molar-refractivity contribution >= 4 is 34.9 Å². The van der Waals surface area contributed by atoms with Crippen molar-refractivity contribution in [1.29, 1.82) is 0 Å². The molecule has 38 heavy (non-hydrogen) atoms. The van der Waals surface area contributed by atoms with Crippen molar-refractivity contribution in [3.05, 3.63) is 45.9 Å². The maximum Gasteiger partial charge on any atom is 0.319 e. The van der Waals surface area contributed by atoms with E-state index in [9.17, 15) is 4.79 Å². The minimum absolute atomic E-state index is 0. The number of piperidine rings is 1. The zero-order chi connectivity index (χ0) is 27.2. The van der Waals surface area contributed by atoms with Crippen molar-refractivity contribution in [3.63, 3.8) is 0 Å². The Labute approximate surface area is 254 Å². The number of halogens is 3. The van der Waals surface area contributed by atoms with Crippen LogP contribution in [0.25, 0.3) is 0 Å². The highest BCUT2D eigenvalue weighted by molar-refractivity contribution is 6.42. The summed E-state index contributed by atoms with van der Waals surface area (Å²) in [6.07, 6.45) is 3.29. The van der Waals surface area contributed by atoms with Gasteiger partial charge in [0, 0.05) is 12.1 Å². The molecule has 2 amide bonds. The standard InChI is InChI=1S/C28H39Cl2N3O4.HI/c1-18(2)24(32-28(34)31-21-15-25(35-4)27(37-6)26(16-21)36-5)17-33(3)11-9-19(10-12-33)13-20-7-8-22(29)23(30)14-20;/h7-8,14-16,18-19,24H,9-13,17H2,1-6H3,(H-,31,32,34);1H/t19?,24-,33?;/m0./s1. The lowest BCUT2D eigenvalue weighted by Gasteiger charge is -2.43. The van der Waals surface area contributed by atoms with Gasteiger partial charge < -0.3 is 53.3 Å². The molecule has 1 aliphatic rings. The maximum atomic E-state index is 13.0. The van der Waals surface area contributed by atoms with Crippen LogP contribution in [-0.4, -0.2) is 64.6 Å². The predicted octanol–water partition coefficient (Wildman–Crippen LogP) is 3.27. The Kier molecular flexibility index (Phi) is 12.6. The number of benzene rings is 2. The van der Waals surface area contributed by atoms with E-state index in [1.54, 1.807) is 33.5 Å². The van der Waals surface area contributed by atoms with Crippen LogP contribution in [0.5, 0.6) is 17.2 Å². The van der Waals surface area contributed by atoms with E-state index in [4.69, 9.17) is 37.4 Å². The monoisotopic (exact) mass is 679 g/mol. The van der Waals surface area contributed by atoms with Gasteiger partial charge >= 0.3 is 6.03 Å². The second kappa shape index (κ2) is 14.7. The molecule has 1 fully saturated rings. The van der Waals surface area contributed by atoms with E-state index in [0.717, 1.165) is 43.4 Å². The van der Waals surface area contributed by atoms with Gasteiger partial charge in [-0.15, -0.1) is 0 Å². The fourth-order valence-corrected chi connectivity index (χ4v) is 5.34. The van der Waals surface area contributed by atoms with Gasteiger partial charge in [-0.2, -0.15) is 0 Å². The molecule has 0 radical (unpaired) electrons. The van der Waals surface area contributed by atoms with Gasteiger partial charge in [-0.3, -0.25) is 0 Å². The Morgan fingerprint density at radius 3 is 2.11 bits per heavy atom. The molecule has 0 saturated carbocycles. The quantitative estimate of drug-likeness (QED) is 0.299. The molecule has 7 nitrogen and oxygen atoms in total. The Bertz CT molecular complexity index is 1050. The number of likely N-dealkylation sites (N-methyl/N-ethyl adjacent to an activating group) is 1. The summed E-state index contributed by atoms with van der Waals surface area (Å²) in [5.41, 5.74) is 1.80. The number of carbonyl (C=O) groups excluding carboxylic acids is 1. The SMILES string of the molecule is COc1cc(NC(=O)N[C@@H](C[N+]2(C)CCC(Cc3ccc(Cl)c(Cl)c3)CC2)C(C)C)cc(OC)c1OC.[I-]. The number of quaternary nitrogens is 1. The molecule has 1 atom stereocenters. The highest BCUT2D eigenvalue weighted by Crippen LogP contribution is 2.40. The van der Waals surface area contributed by atoms with Gasteiger partial charge in [0.2, 0.25) is 5.75 Å². The number of hydrogen-bond donors (Lipinski definition) is 2. The third-order valence-corrected chi connectivity index (χ3v) is 8.08. The summed E-state index contributed by atoms with van der Waals surface area (Å²) in [5.74, 6) is 2.36. The summed E-state index contributed by atoms with van der Waals surface area (Å²) in [4.78, 5) is 13.0. The number of urea groups is 1. The van der Waals surface area contributed by atoms with Crippen LogP contribution >= 0.6 is 23.2 Å². The first-order valence-electron chi connectivity index (χ1n) is 12.7. The fourth-order valence-electron chi connectivity index (χ4n) is 5.02. The molecule has 1 saturated heterocycles. The van der Waals surface area contributed by atoms with Gasteiger partial charge in [0.1, 0.15) is 0 Å². The molecule has 2 aromatic rings. The van der Waals surface area contributed by atoms with Gasteiger partial charge in [-0.1, -0.05) is 43.1 Å². The number of anilines is 1. The van der Waals surface area contributed by atoms with Crippen LogP contribution in [0.2, 0.25) is 10.0 Å². The molecule has 10 heteroatoms. The van der Waals surface area contributed by atoms with Crippen LogP contribution in [0.4, 0.5) is 10.5 Å². The summed E-state index contributed by atoms with van der Waals surface area (Å²) in [7, 11) is 6.94. The number of ether oxygens (including phenoxy) is 3. The van der Waals surface area contributed by atoms with Gasteiger partial charge in [-0.25, -0.2) is 4.79 Å². The fraction of sp³-hybridized carbons (Fsp3) is 0.536. The number of nitrogens with one attached hydrogen (secondary N) is 2. The van der Waals surface area contributed by atoms with Crippen molar-refractivity contribution in [3.8, 4) is 17.2 Å². The lowest BCUT2D eigenvalue weighted by atomic mass is 9.88. The first-order valence-corrected chi connectivity index (χ1v) is 13.5. The van der Waals surface area contributed by atoms with E-state index in [2.05, 4.69) is 37.6 Å². The van der Waals surface area contributed by atoms with Crippen LogP contribution in [0.15, 0.2) is 30.3 Å². The topological polar surface area (TPSA) is 68.8 Å². The van der Waals surface area contributed by atoms with Crippen molar-refractivity contribution < 1.29 is 47.5 Å². The molecular formula is C28H40Cl2IN3O4. The summed E-state index contributed by atoms with van der Waals surface area (Å²) in [6.45, 7) is 7.32. The Balaban J connectivity index is 0.00000507. The summed E-state index contributed by atoms with van der Waals surface area (Å²) in [5, 5.41) is 7.34. The first kappa shape index (κ1) is 32.6. The number of carbonyl (C=O) groups is 1. The van der Waals surface area contributed by atoms with E-state index in [0.29, 0.717) is 38.9 Å². The molecule has 3 rings (SSSR count). The second-order valence-corrected chi connectivity index (χ2v) is 11.3. The molecule has 2 N–H and O–H groups in total. The van der Waals surface area contributed by atoms with Crippen molar-refractivity contribution in [2.45, 2.75) is 39.2 Å². The molecule has 0 aromatic heterocycles. The van der Waals surface area contributed by atoms with E-state index in [1.165, 1.54) is 5.56 Å².